The number of halogens is 2. The van der Waals surface area contributed by atoms with Crippen LogP contribution < -0.4 is 20.1 Å². The molecule has 27 heavy (non-hydrogen) atoms. The van der Waals surface area contributed by atoms with Crippen LogP contribution in [0.5, 0.6) is 11.5 Å². The van der Waals surface area contributed by atoms with E-state index >= 15 is 0 Å². The van der Waals surface area contributed by atoms with Crippen LogP contribution in [0, 0.1) is 0 Å². The van der Waals surface area contributed by atoms with Crippen LogP contribution in [0.3, 0.4) is 0 Å². The lowest BCUT2D eigenvalue weighted by Gasteiger charge is -2.22. The van der Waals surface area contributed by atoms with E-state index in [1.54, 1.807) is 6.07 Å². The maximum absolute atomic E-state index is 12.3. The van der Waals surface area contributed by atoms with Gasteiger partial charge in [-0.2, -0.15) is 0 Å². The number of pyridine rings is 1. The molecule has 1 fully saturated rings. The summed E-state index contributed by atoms with van der Waals surface area (Å²) in [6.07, 6.45) is -0.492. The zero-order valence-corrected chi connectivity index (χ0v) is 16.1. The smallest absolute Gasteiger partial charge is 0.255 e. The highest BCUT2D eigenvalue weighted by Gasteiger charge is 2.22. The molecular formula is C18H21Cl2N3O4. The first-order valence-electron chi connectivity index (χ1n) is 8.30. The third kappa shape index (κ3) is 5.01. The molecule has 2 N–H and O–H groups in total. The molecule has 1 aromatic heterocycles. The molecule has 7 nitrogen and oxygen atoms in total. The minimum absolute atomic E-state index is 0. The number of hydrogen-bond acceptors (Lipinski definition) is 6. The number of hydrogen-bond donors (Lipinski definition) is 2. The molecule has 2 aromatic rings. The number of morpholine rings is 1. The Morgan fingerprint density at radius 3 is 2.67 bits per heavy atom. The van der Waals surface area contributed by atoms with Gasteiger partial charge in [-0.3, -0.25) is 4.79 Å². The molecular weight excluding hydrogens is 393 g/mol. The van der Waals surface area contributed by atoms with Gasteiger partial charge >= 0.3 is 0 Å². The van der Waals surface area contributed by atoms with E-state index in [-0.39, 0.29) is 30.7 Å². The van der Waals surface area contributed by atoms with E-state index in [0.717, 1.165) is 23.6 Å². The van der Waals surface area contributed by atoms with Gasteiger partial charge in [-0.25, -0.2) is 4.98 Å². The predicted molar refractivity (Wildman–Crippen MR) is 106 cm³/mol. The van der Waals surface area contributed by atoms with Crippen LogP contribution in [0.4, 0.5) is 5.82 Å². The van der Waals surface area contributed by atoms with E-state index in [4.69, 9.17) is 14.2 Å². The summed E-state index contributed by atoms with van der Waals surface area (Å²) in [5.74, 6) is 1.74. The van der Waals surface area contributed by atoms with E-state index in [2.05, 4.69) is 15.6 Å². The second-order valence-corrected chi connectivity index (χ2v) is 5.82. The minimum Gasteiger partial charge on any atom is -0.486 e. The first-order chi connectivity index (χ1) is 12.3. The van der Waals surface area contributed by atoms with Crippen molar-refractivity contribution in [3.8, 4) is 22.8 Å². The summed E-state index contributed by atoms with van der Waals surface area (Å²) < 4.78 is 16.6. The molecule has 0 radical (unpaired) electrons. The topological polar surface area (TPSA) is 81.7 Å². The predicted octanol–water partition coefficient (Wildman–Crippen LogP) is 2.29. The Labute approximate surface area is 169 Å². The average Bonchev–Trinajstić information content (AvgIpc) is 2.68. The van der Waals surface area contributed by atoms with Crippen LogP contribution in [0.2, 0.25) is 0 Å². The van der Waals surface area contributed by atoms with Gasteiger partial charge in [0.25, 0.3) is 5.91 Å². The molecule has 1 unspecified atom stereocenters. The number of fused-ring (bicyclic) bond motifs is 1. The fourth-order valence-corrected chi connectivity index (χ4v) is 2.81. The van der Waals surface area contributed by atoms with Gasteiger partial charge in [0.1, 0.15) is 25.1 Å². The Morgan fingerprint density at radius 2 is 1.89 bits per heavy atom. The summed E-state index contributed by atoms with van der Waals surface area (Å²) in [6.45, 7) is 2.90. The van der Waals surface area contributed by atoms with Crippen LogP contribution in [0.1, 0.15) is 0 Å². The summed E-state index contributed by atoms with van der Waals surface area (Å²) in [7, 11) is 0. The Morgan fingerprint density at radius 1 is 1.07 bits per heavy atom. The van der Waals surface area contributed by atoms with Crippen LogP contribution in [-0.4, -0.2) is 49.9 Å². The highest BCUT2D eigenvalue weighted by Crippen LogP contribution is 2.34. The Bertz CT molecular complexity index is 785. The molecule has 3 heterocycles. The number of ether oxygens (including phenoxy) is 3. The maximum atomic E-state index is 12.3. The van der Waals surface area contributed by atoms with Gasteiger partial charge in [0.2, 0.25) is 0 Å². The number of amides is 1. The van der Waals surface area contributed by atoms with E-state index in [1.165, 1.54) is 0 Å². The zero-order chi connectivity index (χ0) is 17.1. The van der Waals surface area contributed by atoms with Crippen molar-refractivity contribution in [1.82, 2.24) is 10.3 Å². The van der Waals surface area contributed by atoms with Gasteiger partial charge in [-0.05, 0) is 30.3 Å². The SMILES string of the molecule is Cl.Cl.O=C(Nc1cccc(-c2ccc3c(c2)OCCO3)n1)C1CNCCO1. The van der Waals surface area contributed by atoms with Crippen molar-refractivity contribution < 1.29 is 19.0 Å². The van der Waals surface area contributed by atoms with Crippen molar-refractivity contribution in [3.63, 3.8) is 0 Å². The van der Waals surface area contributed by atoms with Crippen molar-refractivity contribution in [3.05, 3.63) is 36.4 Å². The highest BCUT2D eigenvalue weighted by atomic mass is 35.5. The van der Waals surface area contributed by atoms with E-state index < -0.39 is 6.10 Å². The number of carbonyl (C=O) groups is 1. The molecule has 2 aliphatic heterocycles. The monoisotopic (exact) mass is 413 g/mol. The molecule has 1 saturated heterocycles. The third-order valence-corrected chi connectivity index (χ3v) is 4.06. The molecule has 1 aromatic carbocycles. The summed E-state index contributed by atoms with van der Waals surface area (Å²) >= 11 is 0. The molecule has 0 spiro atoms. The number of anilines is 1. The van der Waals surface area contributed by atoms with E-state index in [0.29, 0.717) is 37.9 Å². The van der Waals surface area contributed by atoms with Crippen molar-refractivity contribution >= 4 is 36.5 Å². The normalized spacial score (nSPS) is 17.9. The lowest BCUT2D eigenvalue weighted by atomic mass is 10.1. The first kappa shape index (κ1) is 21.2. The van der Waals surface area contributed by atoms with Gasteiger partial charge in [0.15, 0.2) is 11.5 Å². The van der Waals surface area contributed by atoms with Crippen LogP contribution in [0.15, 0.2) is 36.4 Å². The van der Waals surface area contributed by atoms with Gasteiger partial charge in [-0.1, -0.05) is 6.07 Å². The van der Waals surface area contributed by atoms with Crippen LogP contribution in [0.25, 0.3) is 11.3 Å². The highest BCUT2D eigenvalue weighted by molar-refractivity contribution is 5.93. The second kappa shape index (κ2) is 9.75. The Balaban J connectivity index is 0.00000131. The number of carbonyl (C=O) groups excluding carboxylic acids is 1. The fraction of sp³-hybridized carbons (Fsp3) is 0.333. The quantitative estimate of drug-likeness (QED) is 0.802. The lowest BCUT2D eigenvalue weighted by Crippen LogP contribution is -2.45. The Hall–Kier alpha value is -2.06. The van der Waals surface area contributed by atoms with Crippen molar-refractivity contribution in [1.29, 1.82) is 0 Å². The van der Waals surface area contributed by atoms with Crippen LogP contribution >= 0.6 is 24.8 Å². The molecule has 1 amide bonds. The maximum Gasteiger partial charge on any atom is 0.255 e. The second-order valence-electron chi connectivity index (χ2n) is 5.82. The van der Waals surface area contributed by atoms with Gasteiger partial charge < -0.3 is 24.8 Å². The number of aromatic nitrogens is 1. The average molecular weight is 414 g/mol. The molecule has 4 rings (SSSR count). The van der Waals surface area contributed by atoms with Crippen molar-refractivity contribution in [2.45, 2.75) is 6.10 Å². The molecule has 0 bridgehead atoms. The van der Waals surface area contributed by atoms with Crippen molar-refractivity contribution in [2.24, 2.45) is 0 Å². The number of benzene rings is 1. The van der Waals surface area contributed by atoms with E-state index in [1.807, 2.05) is 30.3 Å². The molecule has 2 aliphatic rings. The lowest BCUT2D eigenvalue weighted by molar-refractivity contribution is -0.128. The summed E-state index contributed by atoms with van der Waals surface area (Å²) in [5.41, 5.74) is 1.65. The van der Waals surface area contributed by atoms with E-state index in [9.17, 15) is 4.79 Å². The number of rotatable bonds is 3. The largest absolute Gasteiger partial charge is 0.486 e. The fourth-order valence-electron chi connectivity index (χ4n) is 2.81. The zero-order valence-electron chi connectivity index (χ0n) is 14.5. The summed E-state index contributed by atoms with van der Waals surface area (Å²) in [6, 6.07) is 11.2. The van der Waals surface area contributed by atoms with Gasteiger partial charge in [0, 0.05) is 18.7 Å². The molecule has 9 heteroatoms. The summed E-state index contributed by atoms with van der Waals surface area (Å²) in [4.78, 5) is 16.8. The molecule has 0 aliphatic carbocycles. The number of nitrogens with zero attached hydrogens (tertiary/aromatic N) is 1. The molecule has 0 saturated carbocycles. The van der Waals surface area contributed by atoms with Crippen LogP contribution in [-0.2, 0) is 9.53 Å². The molecule has 146 valence electrons. The Kier molecular flexibility index (Phi) is 7.67. The standard InChI is InChI=1S/C18H19N3O4.2ClH/c22-18(16-11-19-6-7-23-16)21-17-3-1-2-13(20-17)12-4-5-14-15(10-12)25-9-8-24-14;;/h1-5,10,16,19H,6-9,11H2,(H,20,21,22);2*1H. The third-order valence-electron chi connectivity index (χ3n) is 4.06. The van der Waals surface area contributed by atoms with Gasteiger partial charge in [-0.15, -0.1) is 24.8 Å². The minimum atomic E-state index is -0.492. The number of nitrogens with one attached hydrogen (secondary N) is 2. The van der Waals surface area contributed by atoms with Crippen molar-refractivity contribution in [2.75, 3.05) is 38.2 Å². The summed E-state index contributed by atoms with van der Waals surface area (Å²) in [5, 5.41) is 5.95. The molecule has 1 atom stereocenters. The van der Waals surface area contributed by atoms with Gasteiger partial charge in [0.05, 0.1) is 12.3 Å². The first-order valence-corrected chi connectivity index (χ1v) is 8.30.